The zero-order chi connectivity index (χ0) is 13.4. The minimum atomic E-state index is -0.445. The fraction of sp³-hybridized carbons (Fsp3) is 0.467. The van der Waals surface area contributed by atoms with Gasteiger partial charge in [-0.05, 0) is 30.0 Å². The molecule has 0 spiro atoms. The predicted octanol–water partition coefficient (Wildman–Crippen LogP) is 3.90. The molecule has 0 amide bonds. The highest BCUT2D eigenvalue weighted by molar-refractivity contribution is 5.88. The first-order chi connectivity index (χ1) is 8.65. The first kappa shape index (κ1) is 14.7. The molecule has 0 aromatic heterocycles. The van der Waals surface area contributed by atoms with Crippen molar-refractivity contribution in [2.45, 2.75) is 39.0 Å². The van der Waals surface area contributed by atoms with Crippen LogP contribution in [0.25, 0.3) is 0 Å². The maximum absolute atomic E-state index is 11.6. The Morgan fingerprint density at radius 3 is 2.44 bits per heavy atom. The molecule has 0 saturated heterocycles. The molecule has 0 heterocycles. The molecule has 0 aliphatic heterocycles. The number of unbranched alkanes of at least 4 members (excludes halogenated alkanes) is 2. The van der Waals surface area contributed by atoms with Crippen LogP contribution in [0.3, 0.4) is 0 Å². The topological polar surface area (TPSA) is 35.5 Å². The molecule has 0 saturated carbocycles. The highest BCUT2D eigenvalue weighted by Crippen LogP contribution is 2.15. The zero-order valence-corrected chi connectivity index (χ0v) is 11.1. The van der Waals surface area contributed by atoms with E-state index in [0.29, 0.717) is 18.1 Å². The highest BCUT2D eigenvalue weighted by atomic mass is 17.2. The Balaban J connectivity index is 2.37. The van der Waals surface area contributed by atoms with Crippen molar-refractivity contribution in [3.8, 4) is 0 Å². The van der Waals surface area contributed by atoms with Crippen LogP contribution >= 0.6 is 0 Å². The monoisotopic (exact) mass is 249 g/mol. The lowest BCUT2D eigenvalue weighted by molar-refractivity contribution is -0.241. The lowest BCUT2D eigenvalue weighted by Crippen LogP contribution is -2.07. The zero-order valence-electron chi connectivity index (χ0n) is 11.1. The Hall–Kier alpha value is -1.35. The lowest BCUT2D eigenvalue weighted by Gasteiger charge is -2.06. The van der Waals surface area contributed by atoms with Gasteiger partial charge in [0, 0.05) is 0 Å². The molecule has 0 fully saturated rings. The summed E-state index contributed by atoms with van der Waals surface area (Å²) in [5.74, 6) is 0.00824. The second-order valence-electron chi connectivity index (χ2n) is 4.53. The first-order valence-electron chi connectivity index (χ1n) is 6.38. The van der Waals surface area contributed by atoms with Gasteiger partial charge in [0.15, 0.2) is 0 Å². The molecule has 99 valence electrons. The van der Waals surface area contributed by atoms with E-state index in [0.717, 1.165) is 19.3 Å². The standard InChI is InChI=1S/C15H21O3/c1-4-5-6-11-17-18-15(16)14-9-7-13(8-10-14)12(2)3/h7-10,12H,1,4-6,11H2,2-3H3. The number of hydrogen-bond acceptors (Lipinski definition) is 3. The summed E-state index contributed by atoms with van der Waals surface area (Å²) in [6.45, 7) is 8.37. The summed E-state index contributed by atoms with van der Waals surface area (Å²) < 4.78 is 0. The van der Waals surface area contributed by atoms with Crippen LogP contribution < -0.4 is 0 Å². The van der Waals surface area contributed by atoms with Crippen LogP contribution in [0, 0.1) is 6.92 Å². The van der Waals surface area contributed by atoms with Crippen LogP contribution in [0.15, 0.2) is 24.3 Å². The van der Waals surface area contributed by atoms with Gasteiger partial charge in [-0.1, -0.05) is 45.7 Å². The molecule has 0 aliphatic rings. The molecule has 3 nitrogen and oxygen atoms in total. The SMILES string of the molecule is [CH2]CCCCOOC(=O)c1ccc(C(C)C)cc1. The quantitative estimate of drug-likeness (QED) is 0.417. The third kappa shape index (κ3) is 4.88. The predicted molar refractivity (Wildman–Crippen MR) is 71.1 cm³/mol. The summed E-state index contributed by atoms with van der Waals surface area (Å²) in [5.41, 5.74) is 1.71. The maximum Gasteiger partial charge on any atom is 0.373 e. The lowest BCUT2D eigenvalue weighted by atomic mass is 10.0. The molecule has 1 radical (unpaired) electrons. The van der Waals surface area contributed by atoms with Gasteiger partial charge in [0.2, 0.25) is 0 Å². The van der Waals surface area contributed by atoms with E-state index in [9.17, 15) is 4.79 Å². The Bertz CT molecular complexity index is 355. The van der Waals surface area contributed by atoms with Crippen LogP contribution in [-0.4, -0.2) is 12.6 Å². The van der Waals surface area contributed by atoms with Crippen molar-refractivity contribution in [3.63, 3.8) is 0 Å². The van der Waals surface area contributed by atoms with Gasteiger partial charge < -0.3 is 0 Å². The van der Waals surface area contributed by atoms with Crippen LogP contribution in [0.1, 0.15) is 54.9 Å². The van der Waals surface area contributed by atoms with E-state index in [1.165, 1.54) is 5.56 Å². The molecule has 3 heteroatoms. The van der Waals surface area contributed by atoms with Crippen LogP contribution in [0.2, 0.25) is 0 Å². The smallest absolute Gasteiger partial charge is 0.293 e. The van der Waals surface area contributed by atoms with E-state index in [1.807, 2.05) is 12.1 Å². The molecule has 0 N–H and O–H groups in total. The molecule has 0 atom stereocenters. The van der Waals surface area contributed by atoms with E-state index < -0.39 is 5.97 Å². The van der Waals surface area contributed by atoms with Gasteiger partial charge in [-0.3, -0.25) is 4.89 Å². The molecule has 0 unspecified atom stereocenters. The van der Waals surface area contributed by atoms with Crippen molar-refractivity contribution >= 4 is 5.97 Å². The van der Waals surface area contributed by atoms with Gasteiger partial charge in [-0.2, -0.15) is 4.89 Å². The van der Waals surface area contributed by atoms with Gasteiger partial charge in [0.1, 0.15) is 0 Å². The Kier molecular flexibility index (Phi) is 6.44. The third-order valence-electron chi connectivity index (χ3n) is 2.68. The normalized spacial score (nSPS) is 10.7. The molecule has 18 heavy (non-hydrogen) atoms. The Morgan fingerprint density at radius 2 is 1.89 bits per heavy atom. The molecule has 1 aromatic rings. The van der Waals surface area contributed by atoms with Gasteiger partial charge in [0.05, 0.1) is 12.2 Å². The van der Waals surface area contributed by atoms with Crippen LogP contribution in [-0.2, 0) is 9.78 Å². The maximum atomic E-state index is 11.6. The molecule has 0 aliphatic carbocycles. The molecular formula is C15H21O3. The number of benzene rings is 1. The van der Waals surface area contributed by atoms with Crippen molar-refractivity contribution in [1.82, 2.24) is 0 Å². The summed E-state index contributed by atoms with van der Waals surface area (Å²) in [7, 11) is 0. The first-order valence-corrected chi connectivity index (χ1v) is 6.38. The number of carbonyl (C=O) groups excluding carboxylic acids is 1. The number of hydrogen-bond donors (Lipinski definition) is 0. The highest BCUT2D eigenvalue weighted by Gasteiger charge is 2.08. The summed E-state index contributed by atoms with van der Waals surface area (Å²) in [5, 5.41) is 0. The van der Waals surface area contributed by atoms with Crippen LogP contribution in [0.5, 0.6) is 0 Å². The van der Waals surface area contributed by atoms with E-state index >= 15 is 0 Å². The minimum Gasteiger partial charge on any atom is -0.293 e. The largest absolute Gasteiger partial charge is 0.373 e. The van der Waals surface area contributed by atoms with Crippen molar-refractivity contribution < 1.29 is 14.6 Å². The average Bonchev–Trinajstić information content (AvgIpc) is 2.38. The molecule has 1 aromatic carbocycles. The van der Waals surface area contributed by atoms with Crippen molar-refractivity contribution in [2.24, 2.45) is 0 Å². The van der Waals surface area contributed by atoms with Gasteiger partial charge in [0.25, 0.3) is 0 Å². The second-order valence-corrected chi connectivity index (χ2v) is 4.53. The summed E-state index contributed by atoms with van der Waals surface area (Å²) in [6.07, 6.45) is 2.69. The Labute approximate surface area is 109 Å². The average molecular weight is 249 g/mol. The minimum absolute atomic E-state index is 0.422. The van der Waals surface area contributed by atoms with Crippen molar-refractivity contribution in [3.05, 3.63) is 42.3 Å². The second kappa shape index (κ2) is 7.88. The van der Waals surface area contributed by atoms with Gasteiger partial charge >= 0.3 is 5.97 Å². The fourth-order valence-corrected chi connectivity index (χ4v) is 1.49. The van der Waals surface area contributed by atoms with Crippen LogP contribution in [0.4, 0.5) is 0 Å². The van der Waals surface area contributed by atoms with Crippen molar-refractivity contribution in [2.75, 3.05) is 6.61 Å². The van der Waals surface area contributed by atoms with E-state index in [2.05, 4.69) is 20.8 Å². The van der Waals surface area contributed by atoms with E-state index in [-0.39, 0.29) is 0 Å². The van der Waals surface area contributed by atoms with Crippen molar-refractivity contribution in [1.29, 1.82) is 0 Å². The van der Waals surface area contributed by atoms with E-state index in [1.54, 1.807) is 12.1 Å². The Morgan fingerprint density at radius 1 is 1.22 bits per heavy atom. The fourth-order valence-electron chi connectivity index (χ4n) is 1.49. The van der Waals surface area contributed by atoms with Gasteiger partial charge in [-0.15, -0.1) is 0 Å². The summed E-state index contributed by atoms with van der Waals surface area (Å²) in [4.78, 5) is 21.2. The van der Waals surface area contributed by atoms with E-state index in [4.69, 9.17) is 9.78 Å². The molecular weight excluding hydrogens is 228 g/mol. The van der Waals surface area contributed by atoms with Gasteiger partial charge in [-0.25, -0.2) is 4.79 Å². The molecule has 1 rings (SSSR count). The third-order valence-corrected chi connectivity index (χ3v) is 2.68. The summed E-state index contributed by atoms with van der Waals surface area (Å²) in [6, 6.07) is 7.39. The number of carbonyl (C=O) groups is 1. The molecule has 0 bridgehead atoms. The summed E-state index contributed by atoms with van der Waals surface area (Å²) >= 11 is 0. The number of rotatable bonds is 7.